The standard InChI is InChI=1S/C10H15N5O/c1-10(2,11)8-5-12-6-15(8)4-3-9-13-7-16-14-9/h5-7H,3-4,11H2,1-2H3. The molecule has 86 valence electrons. The van der Waals surface area contributed by atoms with Crippen LogP contribution in [0, 0.1) is 0 Å². The monoisotopic (exact) mass is 221 g/mol. The molecule has 2 N–H and O–H groups in total. The molecule has 0 fully saturated rings. The van der Waals surface area contributed by atoms with Crippen molar-refractivity contribution in [2.24, 2.45) is 5.73 Å². The van der Waals surface area contributed by atoms with Gasteiger partial charge in [0.25, 0.3) is 0 Å². The van der Waals surface area contributed by atoms with Crippen LogP contribution in [0.25, 0.3) is 0 Å². The SMILES string of the molecule is CC(C)(N)c1cncn1CCc1ncon1. The van der Waals surface area contributed by atoms with Crippen LogP contribution in [0.2, 0.25) is 0 Å². The number of imidazole rings is 1. The summed E-state index contributed by atoms with van der Waals surface area (Å²) >= 11 is 0. The van der Waals surface area contributed by atoms with E-state index in [1.807, 2.05) is 18.4 Å². The van der Waals surface area contributed by atoms with E-state index in [2.05, 4.69) is 19.6 Å². The van der Waals surface area contributed by atoms with Crippen molar-refractivity contribution in [3.05, 3.63) is 30.4 Å². The molecular formula is C10H15N5O. The lowest BCUT2D eigenvalue weighted by atomic mass is 10.0. The predicted molar refractivity (Wildman–Crippen MR) is 57.4 cm³/mol. The summed E-state index contributed by atoms with van der Waals surface area (Å²) in [5, 5.41) is 3.76. The Kier molecular flexibility index (Phi) is 2.74. The van der Waals surface area contributed by atoms with Gasteiger partial charge in [0.1, 0.15) is 0 Å². The molecule has 2 aromatic rings. The van der Waals surface area contributed by atoms with Gasteiger partial charge in [0, 0.05) is 19.2 Å². The summed E-state index contributed by atoms with van der Waals surface area (Å²) in [4.78, 5) is 8.07. The van der Waals surface area contributed by atoms with E-state index >= 15 is 0 Å². The minimum absolute atomic E-state index is 0.395. The Balaban J connectivity index is 2.08. The normalized spacial score (nSPS) is 11.9. The smallest absolute Gasteiger partial charge is 0.213 e. The third-order valence-electron chi connectivity index (χ3n) is 2.36. The molecule has 0 spiro atoms. The minimum Gasteiger partial charge on any atom is -0.343 e. The summed E-state index contributed by atoms with van der Waals surface area (Å²) in [5.41, 5.74) is 6.64. The molecule has 2 aromatic heterocycles. The number of aromatic nitrogens is 4. The molecule has 0 aliphatic rings. The molecule has 0 aromatic carbocycles. The van der Waals surface area contributed by atoms with Gasteiger partial charge in [-0.25, -0.2) is 4.98 Å². The zero-order valence-electron chi connectivity index (χ0n) is 9.42. The fraction of sp³-hybridized carbons (Fsp3) is 0.500. The van der Waals surface area contributed by atoms with Crippen molar-refractivity contribution in [1.82, 2.24) is 19.7 Å². The molecule has 16 heavy (non-hydrogen) atoms. The molecule has 0 radical (unpaired) electrons. The number of hydrogen-bond donors (Lipinski definition) is 1. The molecule has 0 unspecified atom stereocenters. The highest BCUT2D eigenvalue weighted by molar-refractivity contribution is 5.09. The van der Waals surface area contributed by atoms with Crippen molar-refractivity contribution in [3.8, 4) is 0 Å². The van der Waals surface area contributed by atoms with Gasteiger partial charge in [-0.15, -0.1) is 0 Å². The molecule has 6 nitrogen and oxygen atoms in total. The van der Waals surface area contributed by atoms with Crippen LogP contribution < -0.4 is 5.73 Å². The van der Waals surface area contributed by atoms with Crippen molar-refractivity contribution >= 4 is 0 Å². The van der Waals surface area contributed by atoms with Gasteiger partial charge >= 0.3 is 0 Å². The van der Waals surface area contributed by atoms with Gasteiger partial charge in [-0.05, 0) is 13.8 Å². The average molecular weight is 221 g/mol. The van der Waals surface area contributed by atoms with E-state index in [0.717, 1.165) is 12.2 Å². The van der Waals surface area contributed by atoms with Gasteiger partial charge < -0.3 is 14.8 Å². The Morgan fingerprint density at radius 2 is 2.31 bits per heavy atom. The zero-order valence-corrected chi connectivity index (χ0v) is 9.42. The number of rotatable bonds is 4. The molecule has 0 atom stereocenters. The second kappa shape index (κ2) is 4.05. The number of aryl methyl sites for hydroxylation is 2. The summed E-state index contributed by atoms with van der Waals surface area (Å²) in [6.45, 7) is 4.65. The molecule has 2 rings (SSSR count). The maximum Gasteiger partial charge on any atom is 0.213 e. The van der Waals surface area contributed by atoms with Crippen LogP contribution in [0.15, 0.2) is 23.4 Å². The lowest BCUT2D eigenvalue weighted by Crippen LogP contribution is -2.31. The van der Waals surface area contributed by atoms with Crippen LogP contribution in [0.1, 0.15) is 25.4 Å². The molecule has 0 amide bonds. The fourth-order valence-corrected chi connectivity index (χ4v) is 1.56. The molecule has 0 bridgehead atoms. The predicted octanol–water partition coefficient (Wildman–Crippen LogP) is 0.703. The van der Waals surface area contributed by atoms with Crippen LogP contribution in [-0.4, -0.2) is 19.7 Å². The van der Waals surface area contributed by atoms with E-state index < -0.39 is 5.54 Å². The van der Waals surface area contributed by atoms with E-state index in [4.69, 9.17) is 5.73 Å². The van der Waals surface area contributed by atoms with Crippen molar-refractivity contribution < 1.29 is 4.52 Å². The van der Waals surface area contributed by atoms with E-state index in [1.165, 1.54) is 6.39 Å². The molecule has 6 heteroatoms. The third kappa shape index (κ3) is 2.27. The van der Waals surface area contributed by atoms with E-state index in [-0.39, 0.29) is 0 Å². The number of nitrogens with zero attached hydrogens (tertiary/aromatic N) is 4. The first-order chi connectivity index (χ1) is 7.57. The fourth-order valence-electron chi connectivity index (χ4n) is 1.56. The Labute approximate surface area is 93.5 Å². The minimum atomic E-state index is -0.395. The Hall–Kier alpha value is -1.69. The van der Waals surface area contributed by atoms with Crippen molar-refractivity contribution in [2.75, 3.05) is 0 Å². The quantitative estimate of drug-likeness (QED) is 0.821. The highest BCUT2D eigenvalue weighted by Gasteiger charge is 2.18. The Morgan fingerprint density at radius 3 is 2.94 bits per heavy atom. The molecule has 0 saturated heterocycles. The van der Waals surface area contributed by atoms with Crippen molar-refractivity contribution in [1.29, 1.82) is 0 Å². The first kappa shape index (κ1) is 10.8. The van der Waals surface area contributed by atoms with Gasteiger partial charge in [0.05, 0.1) is 17.6 Å². The third-order valence-corrected chi connectivity index (χ3v) is 2.36. The van der Waals surface area contributed by atoms with Gasteiger partial charge in [-0.2, -0.15) is 4.98 Å². The lowest BCUT2D eigenvalue weighted by Gasteiger charge is -2.20. The van der Waals surface area contributed by atoms with Crippen LogP contribution in [0.4, 0.5) is 0 Å². The van der Waals surface area contributed by atoms with Crippen LogP contribution in [0.3, 0.4) is 0 Å². The molecule has 0 saturated carbocycles. The second-order valence-corrected chi connectivity index (χ2v) is 4.29. The molecule has 0 aliphatic heterocycles. The average Bonchev–Trinajstić information content (AvgIpc) is 2.85. The van der Waals surface area contributed by atoms with Crippen LogP contribution >= 0.6 is 0 Å². The summed E-state index contributed by atoms with van der Waals surface area (Å²) in [6.07, 6.45) is 5.59. The topological polar surface area (TPSA) is 82.8 Å². The largest absolute Gasteiger partial charge is 0.343 e. The number of hydrogen-bond acceptors (Lipinski definition) is 5. The molecular weight excluding hydrogens is 206 g/mol. The maximum absolute atomic E-state index is 6.04. The van der Waals surface area contributed by atoms with E-state index in [9.17, 15) is 0 Å². The summed E-state index contributed by atoms with van der Waals surface area (Å²) in [6, 6.07) is 0. The maximum atomic E-state index is 6.04. The van der Waals surface area contributed by atoms with Crippen molar-refractivity contribution in [3.63, 3.8) is 0 Å². The van der Waals surface area contributed by atoms with Gasteiger partial charge in [-0.1, -0.05) is 5.16 Å². The van der Waals surface area contributed by atoms with Gasteiger partial charge in [0.2, 0.25) is 6.39 Å². The highest BCUT2D eigenvalue weighted by atomic mass is 16.5. The Bertz CT molecular complexity index is 440. The Morgan fingerprint density at radius 1 is 1.50 bits per heavy atom. The number of nitrogens with two attached hydrogens (primary N) is 1. The highest BCUT2D eigenvalue weighted by Crippen LogP contribution is 2.16. The van der Waals surface area contributed by atoms with E-state index in [1.54, 1.807) is 12.5 Å². The van der Waals surface area contributed by atoms with Crippen LogP contribution in [-0.2, 0) is 18.5 Å². The van der Waals surface area contributed by atoms with E-state index in [0.29, 0.717) is 12.2 Å². The first-order valence-corrected chi connectivity index (χ1v) is 5.12. The van der Waals surface area contributed by atoms with Gasteiger partial charge in [0.15, 0.2) is 5.82 Å². The lowest BCUT2D eigenvalue weighted by molar-refractivity contribution is 0.407. The van der Waals surface area contributed by atoms with Crippen LogP contribution in [0.5, 0.6) is 0 Å². The second-order valence-electron chi connectivity index (χ2n) is 4.29. The van der Waals surface area contributed by atoms with Gasteiger partial charge in [-0.3, -0.25) is 0 Å². The zero-order chi connectivity index (χ0) is 11.6. The molecule has 2 heterocycles. The molecule has 0 aliphatic carbocycles. The van der Waals surface area contributed by atoms with Crippen molar-refractivity contribution in [2.45, 2.75) is 32.4 Å². The summed E-state index contributed by atoms with van der Waals surface area (Å²) < 4.78 is 6.68. The summed E-state index contributed by atoms with van der Waals surface area (Å²) in [5.74, 6) is 0.689. The first-order valence-electron chi connectivity index (χ1n) is 5.12. The summed E-state index contributed by atoms with van der Waals surface area (Å²) in [7, 11) is 0.